The Bertz CT molecular complexity index is 853. The van der Waals surface area contributed by atoms with Crippen LogP contribution in [0.15, 0.2) is 48.5 Å². The number of carbonyl (C=O) groups excluding carboxylic acids is 1. The molecule has 0 aromatic heterocycles. The van der Waals surface area contributed by atoms with Gasteiger partial charge < -0.3 is 18.9 Å². The van der Waals surface area contributed by atoms with Gasteiger partial charge in [0.05, 0.1) is 13.2 Å². The van der Waals surface area contributed by atoms with Crippen molar-refractivity contribution < 1.29 is 23.7 Å². The van der Waals surface area contributed by atoms with E-state index in [1.165, 1.54) is 13.2 Å². The SMILES string of the molecule is COc1cc(/C=C\C#N)ccc1OC(=O)C1COc2ccccc2O1. The predicted molar refractivity (Wildman–Crippen MR) is 89.6 cm³/mol. The summed E-state index contributed by atoms with van der Waals surface area (Å²) in [5, 5.41) is 8.58. The second-order valence-corrected chi connectivity index (χ2v) is 5.16. The van der Waals surface area contributed by atoms with Gasteiger partial charge in [-0.1, -0.05) is 18.2 Å². The van der Waals surface area contributed by atoms with Gasteiger partial charge in [0.1, 0.15) is 6.61 Å². The number of esters is 1. The molecular formula is C19H15NO5. The first-order chi connectivity index (χ1) is 12.2. The smallest absolute Gasteiger partial charge is 0.356 e. The number of benzene rings is 2. The van der Waals surface area contributed by atoms with Crippen molar-refractivity contribution in [1.82, 2.24) is 0 Å². The van der Waals surface area contributed by atoms with Crippen molar-refractivity contribution in [3.05, 3.63) is 54.1 Å². The topological polar surface area (TPSA) is 77.8 Å². The van der Waals surface area contributed by atoms with Gasteiger partial charge >= 0.3 is 5.97 Å². The Kier molecular flexibility index (Phi) is 4.86. The van der Waals surface area contributed by atoms with E-state index in [1.54, 1.807) is 42.5 Å². The Hall–Kier alpha value is -3.46. The molecule has 6 heteroatoms. The second kappa shape index (κ2) is 7.41. The number of para-hydroxylation sites is 2. The quantitative estimate of drug-likeness (QED) is 0.485. The molecule has 6 nitrogen and oxygen atoms in total. The molecule has 0 aliphatic carbocycles. The van der Waals surface area contributed by atoms with E-state index < -0.39 is 12.1 Å². The summed E-state index contributed by atoms with van der Waals surface area (Å²) in [6.45, 7) is 0.0706. The molecule has 0 fully saturated rings. The van der Waals surface area contributed by atoms with Crippen LogP contribution in [0.4, 0.5) is 0 Å². The zero-order chi connectivity index (χ0) is 17.6. The third-order valence-electron chi connectivity index (χ3n) is 3.52. The number of fused-ring (bicyclic) bond motifs is 1. The maximum atomic E-state index is 12.4. The van der Waals surface area contributed by atoms with Gasteiger partial charge in [0.25, 0.3) is 0 Å². The average Bonchev–Trinajstić information content (AvgIpc) is 2.66. The molecule has 2 aromatic carbocycles. The maximum absolute atomic E-state index is 12.4. The zero-order valence-electron chi connectivity index (χ0n) is 13.5. The normalized spacial score (nSPS) is 15.4. The van der Waals surface area contributed by atoms with Crippen LogP contribution in [-0.2, 0) is 4.79 Å². The molecule has 1 atom stereocenters. The molecule has 1 unspecified atom stereocenters. The third-order valence-corrected chi connectivity index (χ3v) is 3.52. The summed E-state index contributed by atoms with van der Waals surface area (Å²) in [6, 6.07) is 14.0. The van der Waals surface area contributed by atoms with E-state index >= 15 is 0 Å². The van der Waals surface area contributed by atoms with Crippen LogP contribution in [-0.4, -0.2) is 25.8 Å². The van der Waals surface area contributed by atoms with Gasteiger partial charge in [-0.25, -0.2) is 4.79 Å². The lowest BCUT2D eigenvalue weighted by Gasteiger charge is -2.25. The fourth-order valence-corrected chi connectivity index (χ4v) is 2.32. The van der Waals surface area contributed by atoms with Crippen LogP contribution in [0, 0.1) is 11.3 Å². The number of methoxy groups -OCH3 is 1. The highest BCUT2D eigenvalue weighted by molar-refractivity contribution is 5.79. The Balaban J connectivity index is 1.73. The summed E-state index contributed by atoms with van der Waals surface area (Å²) in [5.74, 6) is 1.17. The lowest BCUT2D eigenvalue weighted by Crippen LogP contribution is -2.39. The average molecular weight is 337 g/mol. The number of allylic oxidation sites excluding steroid dienone is 1. The molecule has 2 aromatic rings. The van der Waals surface area contributed by atoms with Crippen LogP contribution in [0.1, 0.15) is 5.56 Å². The van der Waals surface area contributed by atoms with Crippen LogP contribution in [0.2, 0.25) is 0 Å². The Labute approximate surface area is 144 Å². The van der Waals surface area contributed by atoms with Gasteiger partial charge in [0.2, 0.25) is 6.10 Å². The molecule has 0 spiro atoms. The second-order valence-electron chi connectivity index (χ2n) is 5.16. The first kappa shape index (κ1) is 16.4. The molecule has 3 rings (SSSR count). The largest absolute Gasteiger partial charge is 0.493 e. The molecule has 0 radical (unpaired) electrons. The van der Waals surface area contributed by atoms with Crippen molar-refractivity contribution in [2.45, 2.75) is 6.10 Å². The summed E-state index contributed by atoms with van der Waals surface area (Å²) < 4.78 is 21.8. The fourth-order valence-electron chi connectivity index (χ4n) is 2.32. The van der Waals surface area contributed by atoms with Crippen molar-refractivity contribution >= 4 is 12.0 Å². The van der Waals surface area contributed by atoms with Gasteiger partial charge in [0, 0.05) is 6.08 Å². The summed E-state index contributed by atoms with van der Waals surface area (Å²) in [7, 11) is 1.47. The van der Waals surface area contributed by atoms with Gasteiger partial charge in [-0.3, -0.25) is 0 Å². The summed E-state index contributed by atoms with van der Waals surface area (Å²) >= 11 is 0. The highest BCUT2D eigenvalue weighted by atomic mass is 16.6. The van der Waals surface area contributed by atoms with Crippen LogP contribution in [0.5, 0.6) is 23.0 Å². The molecule has 0 bridgehead atoms. The van der Waals surface area contributed by atoms with Crippen LogP contribution in [0.25, 0.3) is 6.08 Å². The predicted octanol–water partition coefficient (Wildman–Crippen LogP) is 2.98. The molecular weight excluding hydrogens is 322 g/mol. The lowest BCUT2D eigenvalue weighted by atomic mass is 10.2. The monoisotopic (exact) mass is 337 g/mol. The van der Waals surface area contributed by atoms with Crippen LogP contribution in [0.3, 0.4) is 0 Å². The highest BCUT2D eigenvalue weighted by Gasteiger charge is 2.29. The van der Waals surface area contributed by atoms with Crippen LogP contribution < -0.4 is 18.9 Å². The number of ether oxygens (including phenoxy) is 4. The van der Waals surface area contributed by atoms with Crippen molar-refractivity contribution in [2.24, 2.45) is 0 Å². The molecule has 0 amide bonds. The standard InChI is InChI=1S/C19H15NO5/c1-22-17-11-13(5-4-10-20)8-9-16(17)25-19(21)18-12-23-14-6-2-3-7-15(14)24-18/h2-9,11,18H,12H2,1H3/b5-4-. The number of carbonyl (C=O) groups is 1. The first-order valence-electron chi connectivity index (χ1n) is 7.55. The van der Waals surface area contributed by atoms with Crippen molar-refractivity contribution in [1.29, 1.82) is 5.26 Å². The minimum Gasteiger partial charge on any atom is -0.493 e. The Morgan fingerprint density at radius 2 is 2.04 bits per heavy atom. The first-order valence-corrected chi connectivity index (χ1v) is 7.55. The van der Waals surface area contributed by atoms with E-state index in [0.717, 1.165) is 5.56 Å². The summed E-state index contributed by atoms with van der Waals surface area (Å²) in [4.78, 5) is 12.4. The molecule has 0 saturated heterocycles. The molecule has 1 aliphatic heterocycles. The maximum Gasteiger partial charge on any atom is 0.356 e. The third kappa shape index (κ3) is 3.72. The Morgan fingerprint density at radius 3 is 2.80 bits per heavy atom. The van der Waals surface area contributed by atoms with Crippen LogP contribution >= 0.6 is 0 Å². The molecule has 1 aliphatic rings. The van der Waals surface area contributed by atoms with Crippen molar-refractivity contribution in [2.75, 3.05) is 13.7 Å². The van der Waals surface area contributed by atoms with E-state index in [2.05, 4.69) is 0 Å². The number of hydrogen-bond donors (Lipinski definition) is 0. The number of nitrogens with zero attached hydrogens (tertiary/aromatic N) is 1. The highest BCUT2D eigenvalue weighted by Crippen LogP contribution is 2.33. The molecule has 126 valence electrons. The molecule has 1 heterocycles. The van der Waals surface area contributed by atoms with Gasteiger partial charge in [-0.2, -0.15) is 5.26 Å². The number of nitriles is 1. The summed E-state index contributed by atoms with van der Waals surface area (Å²) in [6.07, 6.45) is 2.12. The lowest BCUT2D eigenvalue weighted by molar-refractivity contribution is -0.144. The minimum atomic E-state index is -0.863. The van der Waals surface area contributed by atoms with E-state index in [4.69, 9.17) is 24.2 Å². The molecule has 0 saturated carbocycles. The van der Waals surface area contributed by atoms with Crippen molar-refractivity contribution in [3.63, 3.8) is 0 Å². The van der Waals surface area contributed by atoms with E-state index in [9.17, 15) is 4.79 Å². The minimum absolute atomic E-state index is 0.0706. The number of hydrogen-bond acceptors (Lipinski definition) is 6. The van der Waals surface area contributed by atoms with E-state index in [-0.39, 0.29) is 12.4 Å². The van der Waals surface area contributed by atoms with Crippen molar-refractivity contribution in [3.8, 4) is 29.1 Å². The summed E-state index contributed by atoms with van der Waals surface area (Å²) in [5.41, 5.74) is 0.754. The van der Waals surface area contributed by atoms with Gasteiger partial charge in [-0.15, -0.1) is 0 Å². The molecule has 0 N–H and O–H groups in total. The van der Waals surface area contributed by atoms with Gasteiger partial charge in [0.15, 0.2) is 23.0 Å². The Morgan fingerprint density at radius 1 is 1.24 bits per heavy atom. The van der Waals surface area contributed by atoms with Gasteiger partial charge in [-0.05, 0) is 35.9 Å². The number of rotatable bonds is 4. The fraction of sp³-hybridized carbons (Fsp3) is 0.158. The zero-order valence-corrected chi connectivity index (χ0v) is 13.5. The van der Waals surface area contributed by atoms with E-state index in [0.29, 0.717) is 17.2 Å². The molecule has 25 heavy (non-hydrogen) atoms. The van der Waals surface area contributed by atoms with E-state index in [1.807, 2.05) is 12.1 Å².